The number of rotatable bonds is 3. The van der Waals surface area contributed by atoms with Crippen molar-refractivity contribution in [2.45, 2.75) is 0 Å². The van der Waals surface area contributed by atoms with Gasteiger partial charge in [0.15, 0.2) is 0 Å². The minimum atomic E-state index is -0.691. The van der Waals surface area contributed by atoms with E-state index in [2.05, 4.69) is 4.99 Å². The van der Waals surface area contributed by atoms with E-state index in [-0.39, 0.29) is 17.1 Å². The molecule has 2 aromatic carbocycles. The van der Waals surface area contributed by atoms with Gasteiger partial charge in [-0.2, -0.15) is 0 Å². The van der Waals surface area contributed by atoms with Gasteiger partial charge < -0.3 is 14.9 Å². The predicted molar refractivity (Wildman–Crippen MR) is 104 cm³/mol. The molecule has 1 aliphatic rings. The minimum Gasteiger partial charge on any atom is -0.507 e. The third-order valence-corrected chi connectivity index (χ3v) is 4.83. The molecule has 0 atom stereocenters. The van der Waals surface area contributed by atoms with E-state index in [1.165, 1.54) is 13.2 Å². The number of ether oxygens (including phenoxy) is 1. The Bertz CT molecular complexity index is 948. The normalized spacial score (nSPS) is 17.2. The van der Waals surface area contributed by atoms with Crippen LogP contribution in [-0.2, 0) is 9.53 Å². The van der Waals surface area contributed by atoms with E-state index >= 15 is 0 Å². The lowest BCUT2D eigenvalue weighted by Gasteiger charge is -2.02. The summed E-state index contributed by atoms with van der Waals surface area (Å²) in [5.41, 5.74) is 1.07. The molecule has 0 aliphatic carbocycles. The lowest BCUT2D eigenvalue weighted by Crippen LogP contribution is -2.10. The second-order valence-corrected chi connectivity index (χ2v) is 6.75. The van der Waals surface area contributed by atoms with Gasteiger partial charge in [0.1, 0.15) is 22.1 Å². The standard InChI is InChI=1S/C19H14ClNO4S/c1-25-19(24)16-17(23)15(10-11-4-2-3-5-14(11)22)26-18(16)21-13-8-6-12(20)7-9-13/h2-10,22-23H,1H3. The Hall–Kier alpha value is -2.70. The molecular formula is C19H14ClNO4S. The minimum absolute atomic E-state index is 0.0193. The van der Waals surface area contributed by atoms with Gasteiger partial charge in [0.25, 0.3) is 0 Å². The highest BCUT2D eigenvalue weighted by atomic mass is 35.5. The molecule has 0 aromatic heterocycles. The Morgan fingerprint density at radius 1 is 1.15 bits per heavy atom. The van der Waals surface area contributed by atoms with Crippen molar-refractivity contribution in [3.8, 4) is 5.75 Å². The van der Waals surface area contributed by atoms with Gasteiger partial charge in [-0.05, 0) is 36.4 Å². The van der Waals surface area contributed by atoms with Crippen LogP contribution in [0.1, 0.15) is 5.56 Å². The molecule has 0 amide bonds. The summed E-state index contributed by atoms with van der Waals surface area (Å²) in [7, 11) is 1.23. The maximum atomic E-state index is 12.1. The molecule has 0 radical (unpaired) electrons. The molecule has 1 heterocycles. The second-order valence-electron chi connectivity index (χ2n) is 5.28. The van der Waals surface area contributed by atoms with Gasteiger partial charge in [0, 0.05) is 10.6 Å². The highest BCUT2D eigenvalue weighted by molar-refractivity contribution is 8.18. The first-order chi connectivity index (χ1) is 12.5. The third kappa shape index (κ3) is 3.76. The van der Waals surface area contributed by atoms with E-state index in [4.69, 9.17) is 16.3 Å². The second kappa shape index (κ2) is 7.68. The lowest BCUT2D eigenvalue weighted by molar-refractivity contribution is -0.135. The van der Waals surface area contributed by atoms with Crippen LogP contribution in [0.15, 0.2) is 69.8 Å². The zero-order valence-electron chi connectivity index (χ0n) is 13.6. The Kier molecular flexibility index (Phi) is 5.35. The number of carbonyl (C=O) groups excluding carboxylic acids is 1. The van der Waals surface area contributed by atoms with Crippen LogP contribution in [0, 0.1) is 0 Å². The zero-order valence-corrected chi connectivity index (χ0v) is 15.2. The van der Waals surface area contributed by atoms with Crippen molar-refractivity contribution in [3.05, 3.63) is 75.4 Å². The summed E-state index contributed by atoms with van der Waals surface area (Å²) < 4.78 is 4.77. The lowest BCUT2D eigenvalue weighted by atomic mass is 10.1. The number of thioether (sulfide) groups is 1. The number of methoxy groups -OCH3 is 1. The first-order valence-corrected chi connectivity index (χ1v) is 8.73. The van der Waals surface area contributed by atoms with Crippen molar-refractivity contribution in [2.75, 3.05) is 7.11 Å². The molecule has 2 N–H and O–H groups in total. The number of esters is 1. The SMILES string of the molecule is COC(=O)C1=C(O)C(=Cc2ccccc2O)SC1=Nc1ccc(Cl)cc1. The first-order valence-electron chi connectivity index (χ1n) is 7.53. The molecule has 26 heavy (non-hydrogen) atoms. The Morgan fingerprint density at radius 3 is 2.50 bits per heavy atom. The summed E-state index contributed by atoms with van der Waals surface area (Å²) in [4.78, 5) is 16.9. The van der Waals surface area contributed by atoms with Crippen LogP contribution in [0.25, 0.3) is 6.08 Å². The molecule has 0 spiro atoms. The van der Waals surface area contributed by atoms with Gasteiger partial charge in [0.05, 0.1) is 17.7 Å². The number of phenols is 1. The number of aliphatic hydroxyl groups is 1. The Morgan fingerprint density at radius 2 is 1.85 bits per heavy atom. The predicted octanol–water partition coefficient (Wildman–Crippen LogP) is 4.85. The quantitative estimate of drug-likeness (QED) is 0.736. The van der Waals surface area contributed by atoms with E-state index in [0.717, 1.165) is 11.8 Å². The number of phenolic OH excluding ortho intramolecular Hbond substituents is 1. The van der Waals surface area contributed by atoms with Crippen LogP contribution < -0.4 is 0 Å². The third-order valence-electron chi connectivity index (χ3n) is 3.56. The molecule has 0 bridgehead atoms. The monoisotopic (exact) mass is 387 g/mol. The van der Waals surface area contributed by atoms with Crippen molar-refractivity contribution in [2.24, 2.45) is 4.99 Å². The smallest absolute Gasteiger partial charge is 0.344 e. The van der Waals surface area contributed by atoms with E-state index < -0.39 is 5.97 Å². The number of aromatic hydroxyl groups is 1. The zero-order chi connectivity index (χ0) is 18.7. The fraction of sp³-hybridized carbons (Fsp3) is 0.0526. The summed E-state index contributed by atoms with van der Waals surface area (Å²) in [6.45, 7) is 0. The molecule has 2 aromatic rings. The van der Waals surface area contributed by atoms with Crippen molar-refractivity contribution in [1.82, 2.24) is 0 Å². The van der Waals surface area contributed by atoms with Crippen molar-refractivity contribution in [1.29, 1.82) is 0 Å². The summed E-state index contributed by atoms with van der Waals surface area (Å²) >= 11 is 6.99. The number of hydrogen-bond donors (Lipinski definition) is 2. The molecule has 0 saturated heterocycles. The molecule has 0 fully saturated rings. The molecule has 1 aliphatic heterocycles. The van der Waals surface area contributed by atoms with E-state index in [1.807, 2.05) is 0 Å². The number of para-hydroxylation sites is 1. The average molecular weight is 388 g/mol. The van der Waals surface area contributed by atoms with Crippen LogP contribution in [0.5, 0.6) is 5.75 Å². The summed E-state index contributed by atoms with van der Waals surface area (Å²) in [6.07, 6.45) is 1.59. The maximum absolute atomic E-state index is 12.1. The maximum Gasteiger partial charge on any atom is 0.344 e. The fourth-order valence-corrected chi connectivity index (χ4v) is 3.43. The van der Waals surface area contributed by atoms with Crippen LogP contribution in [-0.4, -0.2) is 28.3 Å². The summed E-state index contributed by atoms with van der Waals surface area (Å²) in [5.74, 6) is -0.864. The molecule has 7 heteroatoms. The topological polar surface area (TPSA) is 79.1 Å². The molecule has 5 nitrogen and oxygen atoms in total. The van der Waals surface area contributed by atoms with E-state index in [1.54, 1.807) is 48.5 Å². The molecule has 0 unspecified atom stereocenters. The van der Waals surface area contributed by atoms with Gasteiger partial charge in [-0.3, -0.25) is 0 Å². The number of aliphatic hydroxyl groups excluding tert-OH is 1. The Balaban J connectivity index is 2.06. The summed E-state index contributed by atoms with van der Waals surface area (Å²) in [6, 6.07) is 13.5. The first kappa shape index (κ1) is 18.1. The molecular weight excluding hydrogens is 374 g/mol. The highest BCUT2D eigenvalue weighted by Gasteiger charge is 2.33. The van der Waals surface area contributed by atoms with Crippen LogP contribution in [0.2, 0.25) is 5.02 Å². The van der Waals surface area contributed by atoms with Crippen molar-refractivity contribution >= 4 is 46.1 Å². The van der Waals surface area contributed by atoms with Gasteiger partial charge in [-0.25, -0.2) is 9.79 Å². The van der Waals surface area contributed by atoms with Gasteiger partial charge in [-0.1, -0.05) is 41.6 Å². The van der Waals surface area contributed by atoms with Crippen molar-refractivity contribution < 1.29 is 19.7 Å². The summed E-state index contributed by atoms with van der Waals surface area (Å²) in [5, 5.41) is 21.3. The van der Waals surface area contributed by atoms with Gasteiger partial charge >= 0.3 is 5.97 Å². The molecule has 132 valence electrons. The van der Waals surface area contributed by atoms with Crippen LogP contribution >= 0.6 is 23.4 Å². The number of hydrogen-bond acceptors (Lipinski definition) is 6. The van der Waals surface area contributed by atoms with Crippen molar-refractivity contribution in [3.63, 3.8) is 0 Å². The number of halogens is 1. The van der Waals surface area contributed by atoms with Crippen LogP contribution in [0.4, 0.5) is 5.69 Å². The van der Waals surface area contributed by atoms with E-state index in [9.17, 15) is 15.0 Å². The van der Waals surface area contributed by atoms with E-state index in [0.29, 0.717) is 26.2 Å². The largest absolute Gasteiger partial charge is 0.507 e. The van der Waals surface area contributed by atoms with Gasteiger partial charge in [-0.15, -0.1) is 0 Å². The highest BCUT2D eigenvalue weighted by Crippen LogP contribution is 2.40. The average Bonchev–Trinajstić information content (AvgIpc) is 2.93. The number of nitrogens with zero attached hydrogens (tertiary/aromatic N) is 1. The van der Waals surface area contributed by atoms with Gasteiger partial charge in [0.2, 0.25) is 0 Å². The number of benzene rings is 2. The van der Waals surface area contributed by atoms with Crippen LogP contribution in [0.3, 0.4) is 0 Å². The molecule has 0 saturated carbocycles. The number of carbonyl (C=O) groups is 1. The number of aliphatic imine (C=N–C) groups is 1. The fourth-order valence-electron chi connectivity index (χ4n) is 2.27. The molecule has 3 rings (SSSR count). The Labute approximate surface area is 159 Å².